The van der Waals surface area contributed by atoms with E-state index in [2.05, 4.69) is 5.32 Å². The third kappa shape index (κ3) is 3.30. The highest BCUT2D eigenvalue weighted by molar-refractivity contribution is 6.22. The second-order valence-corrected chi connectivity index (χ2v) is 7.74. The van der Waals surface area contributed by atoms with Crippen LogP contribution in [0.15, 0.2) is 71.3 Å². The van der Waals surface area contributed by atoms with Gasteiger partial charge < -0.3 is 9.73 Å². The quantitative estimate of drug-likeness (QED) is 0.635. The molecule has 0 radical (unpaired) electrons. The van der Waals surface area contributed by atoms with E-state index < -0.39 is 5.91 Å². The summed E-state index contributed by atoms with van der Waals surface area (Å²) in [7, 11) is 0. The molecule has 6 nitrogen and oxygen atoms in total. The molecule has 5 rings (SSSR count). The van der Waals surface area contributed by atoms with Crippen molar-refractivity contribution in [3.63, 3.8) is 0 Å². The van der Waals surface area contributed by atoms with Crippen molar-refractivity contribution in [2.75, 3.05) is 0 Å². The van der Waals surface area contributed by atoms with Crippen LogP contribution in [0.25, 0.3) is 0 Å². The number of hydrogen-bond donors (Lipinski definition) is 1. The summed E-state index contributed by atoms with van der Waals surface area (Å²) in [5.41, 5.74) is 2.01. The van der Waals surface area contributed by atoms with Gasteiger partial charge in [0.2, 0.25) is 0 Å². The number of rotatable bonds is 6. The molecule has 150 valence electrons. The van der Waals surface area contributed by atoms with Gasteiger partial charge in [0.15, 0.2) is 0 Å². The van der Waals surface area contributed by atoms with Crippen LogP contribution in [0.5, 0.6) is 0 Å². The summed E-state index contributed by atoms with van der Waals surface area (Å²) in [5, 5.41) is 3.11. The lowest BCUT2D eigenvalue weighted by Gasteiger charge is -2.19. The number of carbonyl (C=O) groups is 3. The summed E-state index contributed by atoms with van der Waals surface area (Å²) < 4.78 is 5.26. The van der Waals surface area contributed by atoms with E-state index in [1.165, 1.54) is 12.3 Å². The molecule has 0 spiro atoms. The van der Waals surface area contributed by atoms with Gasteiger partial charge in [0.25, 0.3) is 17.7 Å². The molecule has 2 aromatic carbocycles. The van der Waals surface area contributed by atoms with E-state index in [-0.39, 0.29) is 30.0 Å². The van der Waals surface area contributed by atoms with Crippen molar-refractivity contribution in [1.82, 2.24) is 10.2 Å². The number of fused-ring (bicyclic) bond motifs is 1. The van der Waals surface area contributed by atoms with Crippen molar-refractivity contribution in [2.45, 2.75) is 25.4 Å². The van der Waals surface area contributed by atoms with Crippen molar-refractivity contribution in [3.8, 4) is 0 Å². The zero-order valence-electron chi connectivity index (χ0n) is 16.2. The zero-order chi connectivity index (χ0) is 20.7. The number of hydrogen-bond acceptors (Lipinski definition) is 4. The highest BCUT2D eigenvalue weighted by Crippen LogP contribution is 2.41. The van der Waals surface area contributed by atoms with Crippen molar-refractivity contribution in [3.05, 3.63) is 94.9 Å². The maximum absolute atomic E-state index is 13.0. The Balaban J connectivity index is 1.37. The molecule has 1 N–H and O–H groups in total. The molecule has 3 amide bonds. The first-order valence-corrected chi connectivity index (χ1v) is 10.0. The van der Waals surface area contributed by atoms with E-state index >= 15 is 0 Å². The summed E-state index contributed by atoms with van der Waals surface area (Å²) >= 11 is 0. The molecule has 2 heterocycles. The summed E-state index contributed by atoms with van der Waals surface area (Å²) in [6, 6.07) is 17.9. The minimum Gasteiger partial charge on any atom is -0.467 e. The van der Waals surface area contributed by atoms with Crippen molar-refractivity contribution in [2.24, 2.45) is 5.92 Å². The Bertz CT molecular complexity index is 1120. The Kier molecular flexibility index (Phi) is 4.47. The topological polar surface area (TPSA) is 79.6 Å². The van der Waals surface area contributed by atoms with Crippen molar-refractivity contribution >= 4 is 17.7 Å². The van der Waals surface area contributed by atoms with Gasteiger partial charge in [0.05, 0.1) is 30.0 Å². The molecule has 30 heavy (non-hydrogen) atoms. The van der Waals surface area contributed by atoms with Gasteiger partial charge in [0.1, 0.15) is 5.76 Å². The predicted octanol–water partition coefficient (Wildman–Crippen LogP) is 3.96. The largest absolute Gasteiger partial charge is 0.467 e. The van der Waals surface area contributed by atoms with Crippen LogP contribution in [0.3, 0.4) is 0 Å². The molecule has 1 aromatic heterocycles. The van der Waals surface area contributed by atoms with E-state index in [0.717, 1.165) is 23.3 Å². The van der Waals surface area contributed by atoms with Crippen LogP contribution in [0.1, 0.15) is 61.3 Å². The zero-order valence-corrected chi connectivity index (χ0v) is 16.2. The van der Waals surface area contributed by atoms with Crippen molar-refractivity contribution in [1.29, 1.82) is 0 Å². The number of furan rings is 1. The van der Waals surface area contributed by atoms with Crippen molar-refractivity contribution < 1.29 is 18.8 Å². The first-order chi connectivity index (χ1) is 14.6. The van der Waals surface area contributed by atoms with Gasteiger partial charge in [0, 0.05) is 5.56 Å². The molecule has 1 fully saturated rings. The first-order valence-electron chi connectivity index (χ1n) is 10.0. The maximum atomic E-state index is 13.0. The van der Waals surface area contributed by atoms with Crippen LogP contribution in [-0.4, -0.2) is 22.6 Å². The number of benzene rings is 2. The molecule has 1 unspecified atom stereocenters. The lowest BCUT2D eigenvalue weighted by molar-refractivity contribution is 0.0631. The Morgan fingerprint density at radius 1 is 1.00 bits per heavy atom. The maximum Gasteiger partial charge on any atom is 0.261 e. The molecule has 0 saturated heterocycles. The molecule has 1 saturated carbocycles. The summed E-state index contributed by atoms with van der Waals surface area (Å²) in [5.74, 6) is -0.0833. The number of nitrogens with one attached hydrogen (secondary N) is 1. The van der Waals surface area contributed by atoms with Crippen LogP contribution in [-0.2, 0) is 6.54 Å². The van der Waals surface area contributed by atoms with E-state index in [9.17, 15) is 14.4 Å². The Hall–Kier alpha value is -3.67. The predicted molar refractivity (Wildman–Crippen MR) is 109 cm³/mol. The Morgan fingerprint density at radius 2 is 1.77 bits per heavy atom. The minimum absolute atomic E-state index is 0.0558. The van der Waals surface area contributed by atoms with E-state index in [0.29, 0.717) is 22.8 Å². The highest BCUT2D eigenvalue weighted by Gasteiger charge is 2.37. The standard InChI is InChI=1S/C24H20N2O4/c27-22(25-21(16-8-9-16)15-5-2-1-3-6-15)17-10-11-19-20(13-17)24(29)26(23(19)28)14-18-7-4-12-30-18/h1-7,10-13,16,21H,8-9,14H2,(H,25,27). The van der Waals surface area contributed by atoms with Gasteiger partial charge in [-0.15, -0.1) is 0 Å². The lowest BCUT2D eigenvalue weighted by atomic mass is 10.0. The van der Waals surface area contributed by atoms with Crippen LogP contribution in [0, 0.1) is 5.92 Å². The van der Waals surface area contributed by atoms with Gasteiger partial charge in [-0.1, -0.05) is 30.3 Å². The molecule has 3 aromatic rings. The van der Waals surface area contributed by atoms with E-state index in [1.54, 1.807) is 24.3 Å². The number of nitrogens with zero attached hydrogens (tertiary/aromatic N) is 1. The fourth-order valence-corrected chi connectivity index (χ4v) is 3.92. The molecule has 1 aliphatic heterocycles. The fourth-order valence-electron chi connectivity index (χ4n) is 3.92. The SMILES string of the molecule is O=C(NC(c1ccccc1)C1CC1)c1ccc2c(c1)C(=O)N(Cc1ccco1)C2=O. The number of amides is 3. The van der Waals surface area contributed by atoms with Gasteiger partial charge >= 0.3 is 0 Å². The summed E-state index contributed by atoms with van der Waals surface area (Å²) in [6.07, 6.45) is 3.66. The molecule has 2 aliphatic rings. The molecule has 1 atom stereocenters. The van der Waals surface area contributed by atoms with E-state index in [4.69, 9.17) is 4.42 Å². The fraction of sp³-hybridized carbons (Fsp3) is 0.208. The minimum atomic E-state index is -0.414. The third-order valence-corrected chi connectivity index (χ3v) is 5.67. The third-order valence-electron chi connectivity index (χ3n) is 5.67. The van der Waals surface area contributed by atoms with Gasteiger partial charge in [-0.25, -0.2) is 0 Å². The van der Waals surface area contributed by atoms with Gasteiger partial charge in [-0.05, 0) is 54.7 Å². The number of carbonyl (C=O) groups excluding carboxylic acids is 3. The van der Waals surface area contributed by atoms with Crippen LogP contribution < -0.4 is 5.32 Å². The van der Waals surface area contributed by atoms with Crippen LogP contribution >= 0.6 is 0 Å². The molecule has 6 heteroatoms. The molecule has 1 aliphatic carbocycles. The first kappa shape index (κ1) is 18.4. The van der Waals surface area contributed by atoms with Crippen LogP contribution in [0.4, 0.5) is 0 Å². The lowest BCUT2D eigenvalue weighted by Crippen LogP contribution is -2.30. The Labute approximate surface area is 173 Å². The van der Waals surface area contributed by atoms with E-state index in [1.807, 2.05) is 30.3 Å². The average Bonchev–Trinajstić information content (AvgIpc) is 3.44. The molecular weight excluding hydrogens is 380 g/mol. The Morgan fingerprint density at radius 3 is 2.47 bits per heavy atom. The van der Waals surface area contributed by atoms with Gasteiger partial charge in [-0.3, -0.25) is 19.3 Å². The molecular formula is C24H20N2O4. The summed E-state index contributed by atoms with van der Waals surface area (Å²) in [6.45, 7) is 0.0681. The second kappa shape index (κ2) is 7.30. The molecule has 0 bridgehead atoms. The number of imide groups is 1. The van der Waals surface area contributed by atoms with Gasteiger partial charge in [-0.2, -0.15) is 0 Å². The monoisotopic (exact) mass is 400 g/mol. The second-order valence-electron chi connectivity index (χ2n) is 7.74. The normalized spacial score (nSPS) is 16.5. The highest BCUT2D eigenvalue weighted by atomic mass is 16.3. The average molecular weight is 400 g/mol. The van der Waals surface area contributed by atoms with Crippen LogP contribution in [0.2, 0.25) is 0 Å². The smallest absolute Gasteiger partial charge is 0.261 e. The summed E-state index contributed by atoms with van der Waals surface area (Å²) in [4.78, 5) is 39.5.